The Bertz CT molecular complexity index is 1030. The first-order valence-electron chi connectivity index (χ1n) is 10.1. The molecule has 9 heteroatoms. The van der Waals surface area contributed by atoms with Gasteiger partial charge in [-0.2, -0.15) is 0 Å². The highest BCUT2D eigenvalue weighted by atomic mass is 35.5. The molecule has 0 unspecified atom stereocenters. The quantitative estimate of drug-likeness (QED) is 0.674. The van der Waals surface area contributed by atoms with Gasteiger partial charge < -0.3 is 24.7 Å². The number of carbonyl (C=O) groups is 2. The Labute approximate surface area is 191 Å². The van der Waals surface area contributed by atoms with Crippen LogP contribution >= 0.6 is 11.6 Å². The number of hydrogen-bond donors (Lipinski definition) is 2. The fourth-order valence-electron chi connectivity index (χ4n) is 3.36. The van der Waals surface area contributed by atoms with E-state index in [9.17, 15) is 9.59 Å². The normalized spacial score (nSPS) is 15.4. The van der Waals surface area contributed by atoms with E-state index in [0.717, 1.165) is 61.3 Å². The van der Waals surface area contributed by atoms with E-state index >= 15 is 0 Å². The lowest BCUT2D eigenvalue weighted by Crippen LogP contribution is -2.48. The third kappa shape index (κ3) is 6.09. The molecule has 2 N–H and O–H groups in total. The molecule has 1 fully saturated rings. The summed E-state index contributed by atoms with van der Waals surface area (Å²) in [6, 6.07) is 13.7. The zero-order chi connectivity index (χ0) is 23.1. The second-order valence-electron chi connectivity index (χ2n) is 7.08. The number of rotatable bonds is 3. The summed E-state index contributed by atoms with van der Waals surface area (Å²) in [7, 11) is 0. The molecule has 0 atom stereocenters. The summed E-state index contributed by atoms with van der Waals surface area (Å²) >= 11 is 6.17. The van der Waals surface area contributed by atoms with E-state index in [4.69, 9.17) is 31.5 Å². The Balaban J connectivity index is 0.000000312. The van der Waals surface area contributed by atoms with Gasteiger partial charge in [-0.05, 0) is 36.9 Å². The molecule has 2 aromatic rings. The number of hydrogen-bond acceptors (Lipinski definition) is 6. The van der Waals surface area contributed by atoms with Gasteiger partial charge in [0.25, 0.3) is 0 Å². The van der Waals surface area contributed by atoms with Crippen LogP contribution in [0.2, 0.25) is 5.02 Å². The number of ether oxygens (including phenoxy) is 1. The first kappa shape index (κ1) is 23.3. The average Bonchev–Trinajstić information content (AvgIpc) is 2.95. The van der Waals surface area contributed by atoms with E-state index in [1.165, 1.54) is 0 Å². The van der Waals surface area contributed by atoms with E-state index in [1.807, 2.05) is 36.4 Å². The second kappa shape index (κ2) is 10.8. The van der Waals surface area contributed by atoms with Crippen molar-refractivity contribution < 1.29 is 24.5 Å². The first-order valence-corrected chi connectivity index (χ1v) is 10.5. The van der Waals surface area contributed by atoms with Crippen molar-refractivity contribution in [2.24, 2.45) is 4.99 Å². The van der Waals surface area contributed by atoms with Crippen molar-refractivity contribution in [1.82, 2.24) is 9.80 Å². The third-order valence-corrected chi connectivity index (χ3v) is 5.22. The molecular weight excluding hydrogens is 434 g/mol. The van der Waals surface area contributed by atoms with Crippen LogP contribution in [0.15, 0.2) is 59.6 Å². The summed E-state index contributed by atoms with van der Waals surface area (Å²) in [4.78, 5) is 28.8. The molecule has 0 aliphatic carbocycles. The fraction of sp³-hybridized carbons (Fsp3) is 0.261. The zero-order valence-corrected chi connectivity index (χ0v) is 18.3. The Morgan fingerprint density at radius 2 is 1.69 bits per heavy atom. The Kier molecular flexibility index (Phi) is 7.86. The predicted molar refractivity (Wildman–Crippen MR) is 122 cm³/mol. The molecule has 0 saturated carbocycles. The molecule has 168 valence electrons. The molecule has 2 aliphatic rings. The SMILES string of the molecule is CCN1CCN(C2=Nc3cc(Cl)ccc3Oc3ccccc32)CC1.O=C(O)/C=C/C(=O)O. The number of benzene rings is 2. The standard InChI is InChI=1S/C19H20ClN3O.C4H4O4/c1-2-22-9-11-23(12-10-22)19-15-5-3-4-6-17(15)24-18-8-7-14(20)13-16(18)21-19;5-3(6)1-2-4(7)8/h3-8,13H,2,9-12H2,1H3;1-2H,(H,5,6)(H,7,8)/b;2-1+. The lowest BCUT2D eigenvalue weighted by atomic mass is 10.1. The van der Waals surface area contributed by atoms with Crippen LogP contribution in [0.4, 0.5) is 5.69 Å². The lowest BCUT2D eigenvalue weighted by Gasteiger charge is -2.36. The second-order valence-corrected chi connectivity index (χ2v) is 7.51. The number of piperazine rings is 1. The molecule has 2 aliphatic heterocycles. The minimum absolute atomic E-state index is 0.558. The Morgan fingerprint density at radius 1 is 1.03 bits per heavy atom. The van der Waals surface area contributed by atoms with Crippen molar-refractivity contribution in [3.63, 3.8) is 0 Å². The molecule has 0 radical (unpaired) electrons. The summed E-state index contributed by atoms with van der Waals surface area (Å²) in [5.41, 5.74) is 1.82. The van der Waals surface area contributed by atoms with E-state index in [1.54, 1.807) is 0 Å². The molecule has 0 amide bonds. The number of halogens is 1. The van der Waals surface area contributed by atoms with Crippen LogP contribution in [0.3, 0.4) is 0 Å². The number of fused-ring (bicyclic) bond motifs is 2. The summed E-state index contributed by atoms with van der Waals surface area (Å²) in [5.74, 6) is 0.0476. The van der Waals surface area contributed by atoms with Crippen molar-refractivity contribution in [2.75, 3.05) is 32.7 Å². The number of para-hydroxylation sites is 1. The van der Waals surface area contributed by atoms with Crippen LogP contribution in [-0.4, -0.2) is 70.5 Å². The number of carboxylic acid groups (broad SMARTS) is 2. The minimum atomic E-state index is -1.26. The number of amidine groups is 1. The molecule has 1 saturated heterocycles. The van der Waals surface area contributed by atoms with Crippen molar-refractivity contribution >= 4 is 35.1 Å². The number of carboxylic acids is 2. The van der Waals surface area contributed by atoms with Gasteiger partial charge in [0.15, 0.2) is 5.75 Å². The number of likely N-dealkylation sites (N-methyl/N-ethyl adjacent to an activating group) is 1. The largest absolute Gasteiger partial charge is 0.478 e. The summed E-state index contributed by atoms with van der Waals surface area (Å²) in [6.45, 7) is 7.36. The third-order valence-electron chi connectivity index (χ3n) is 4.98. The number of aliphatic carboxylic acids is 2. The molecule has 2 aromatic carbocycles. The lowest BCUT2D eigenvalue weighted by molar-refractivity contribution is -0.134. The summed E-state index contributed by atoms with van der Waals surface area (Å²) in [5, 5.41) is 16.3. The van der Waals surface area contributed by atoms with Gasteiger partial charge in [-0.15, -0.1) is 0 Å². The van der Waals surface area contributed by atoms with Crippen LogP contribution in [0.5, 0.6) is 11.5 Å². The van der Waals surface area contributed by atoms with Crippen LogP contribution < -0.4 is 4.74 Å². The molecule has 0 spiro atoms. The Morgan fingerprint density at radius 3 is 2.31 bits per heavy atom. The van der Waals surface area contributed by atoms with Crippen LogP contribution in [0.25, 0.3) is 0 Å². The van der Waals surface area contributed by atoms with E-state index in [2.05, 4.69) is 22.8 Å². The number of nitrogens with zero attached hydrogens (tertiary/aromatic N) is 3. The minimum Gasteiger partial charge on any atom is -0.478 e. The van der Waals surface area contributed by atoms with Crippen molar-refractivity contribution in [2.45, 2.75) is 6.92 Å². The maximum Gasteiger partial charge on any atom is 0.328 e. The molecule has 2 heterocycles. The van der Waals surface area contributed by atoms with Crippen molar-refractivity contribution in [1.29, 1.82) is 0 Å². The van der Waals surface area contributed by atoms with E-state index in [0.29, 0.717) is 17.2 Å². The highest BCUT2D eigenvalue weighted by Gasteiger charge is 2.25. The van der Waals surface area contributed by atoms with Crippen molar-refractivity contribution in [3.05, 3.63) is 65.2 Å². The molecular formula is C23H24ClN3O5. The van der Waals surface area contributed by atoms with Gasteiger partial charge in [0.1, 0.15) is 17.3 Å². The van der Waals surface area contributed by atoms with Gasteiger partial charge in [-0.3, -0.25) is 0 Å². The summed E-state index contributed by atoms with van der Waals surface area (Å²) < 4.78 is 6.11. The Hall–Kier alpha value is -3.36. The molecule has 4 rings (SSSR count). The van der Waals surface area contributed by atoms with Crippen LogP contribution in [-0.2, 0) is 9.59 Å². The summed E-state index contributed by atoms with van der Waals surface area (Å²) in [6.07, 6.45) is 1.12. The highest BCUT2D eigenvalue weighted by Crippen LogP contribution is 2.39. The van der Waals surface area contributed by atoms with E-state index < -0.39 is 11.9 Å². The predicted octanol–water partition coefficient (Wildman–Crippen LogP) is 3.87. The van der Waals surface area contributed by atoms with Crippen LogP contribution in [0, 0.1) is 0 Å². The average molecular weight is 458 g/mol. The smallest absolute Gasteiger partial charge is 0.328 e. The van der Waals surface area contributed by atoms with Crippen LogP contribution in [0.1, 0.15) is 12.5 Å². The fourth-order valence-corrected chi connectivity index (χ4v) is 3.52. The molecule has 8 nitrogen and oxygen atoms in total. The van der Waals surface area contributed by atoms with Gasteiger partial charge in [-0.25, -0.2) is 14.6 Å². The van der Waals surface area contributed by atoms with Gasteiger partial charge >= 0.3 is 11.9 Å². The van der Waals surface area contributed by atoms with Crippen molar-refractivity contribution in [3.8, 4) is 11.5 Å². The van der Waals surface area contributed by atoms with E-state index in [-0.39, 0.29) is 0 Å². The highest BCUT2D eigenvalue weighted by molar-refractivity contribution is 6.31. The maximum atomic E-state index is 9.55. The van der Waals surface area contributed by atoms with Gasteiger partial charge in [0.2, 0.25) is 0 Å². The van der Waals surface area contributed by atoms with Gasteiger partial charge in [0.05, 0.1) is 5.56 Å². The van der Waals surface area contributed by atoms with Gasteiger partial charge in [0, 0.05) is 43.4 Å². The monoisotopic (exact) mass is 457 g/mol. The zero-order valence-electron chi connectivity index (χ0n) is 17.6. The number of aliphatic imine (C=N–C) groups is 1. The molecule has 32 heavy (non-hydrogen) atoms. The first-order chi connectivity index (χ1) is 15.4. The van der Waals surface area contributed by atoms with Gasteiger partial charge in [-0.1, -0.05) is 30.7 Å². The topological polar surface area (TPSA) is 103 Å². The maximum absolute atomic E-state index is 9.55. The molecule has 0 aromatic heterocycles. The molecule has 0 bridgehead atoms.